The summed E-state index contributed by atoms with van der Waals surface area (Å²) in [6.07, 6.45) is 1.30. The van der Waals surface area contributed by atoms with Crippen molar-refractivity contribution in [1.82, 2.24) is 25.1 Å². The number of anilines is 2. The SMILES string of the molecule is Cc1nnc(NC(=O)CSc2ncnc(N)n2)s1. The van der Waals surface area contributed by atoms with Gasteiger partial charge < -0.3 is 5.73 Å². The number of carbonyl (C=O) groups is 1. The van der Waals surface area contributed by atoms with Gasteiger partial charge in [0.15, 0.2) is 5.16 Å². The summed E-state index contributed by atoms with van der Waals surface area (Å²) in [6.45, 7) is 1.82. The number of nitrogens with zero attached hydrogens (tertiary/aromatic N) is 5. The predicted octanol–water partition coefficient (Wildman–Crippen LogP) is 0.345. The minimum atomic E-state index is -0.199. The van der Waals surface area contributed by atoms with Gasteiger partial charge in [-0.25, -0.2) is 9.97 Å². The second kappa shape index (κ2) is 5.69. The summed E-state index contributed by atoms with van der Waals surface area (Å²) in [5.74, 6) is 0.102. The molecule has 2 heterocycles. The van der Waals surface area contributed by atoms with Crippen LogP contribution in [-0.2, 0) is 4.79 Å². The van der Waals surface area contributed by atoms with E-state index in [4.69, 9.17) is 5.73 Å². The van der Waals surface area contributed by atoms with Crippen molar-refractivity contribution in [2.24, 2.45) is 0 Å². The Hall–Kier alpha value is -1.81. The zero-order chi connectivity index (χ0) is 13.0. The molecular formula is C8H9N7OS2. The van der Waals surface area contributed by atoms with Crippen LogP contribution in [0.2, 0.25) is 0 Å². The number of aromatic nitrogens is 5. The van der Waals surface area contributed by atoms with Gasteiger partial charge in [-0.15, -0.1) is 10.2 Å². The molecule has 8 nitrogen and oxygen atoms in total. The van der Waals surface area contributed by atoms with Gasteiger partial charge in [-0.05, 0) is 6.92 Å². The third kappa shape index (κ3) is 3.60. The van der Waals surface area contributed by atoms with E-state index in [0.29, 0.717) is 10.3 Å². The van der Waals surface area contributed by atoms with Crippen LogP contribution < -0.4 is 11.1 Å². The van der Waals surface area contributed by atoms with Crippen molar-refractivity contribution in [1.29, 1.82) is 0 Å². The molecule has 0 saturated carbocycles. The lowest BCUT2D eigenvalue weighted by Crippen LogP contribution is -2.14. The van der Waals surface area contributed by atoms with Crippen molar-refractivity contribution in [2.45, 2.75) is 12.1 Å². The number of nitrogens with one attached hydrogen (secondary N) is 1. The topological polar surface area (TPSA) is 120 Å². The Labute approximate surface area is 110 Å². The van der Waals surface area contributed by atoms with E-state index < -0.39 is 0 Å². The fourth-order valence-corrected chi connectivity index (χ4v) is 2.22. The Kier molecular flexibility index (Phi) is 3.99. The zero-order valence-electron chi connectivity index (χ0n) is 9.32. The molecule has 94 valence electrons. The predicted molar refractivity (Wildman–Crippen MR) is 68.2 cm³/mol. The van der Waals surface area contributed by atoms with Gasteiger partial charge >= 0.3 is 0 Å². The van der Waals surface area contributed by atoms with Crippen molar-refractivity contribution < 1.29 is 4.79 Å². The summed E-state index contributed by atoms with van der Waals surface area (Å²) in [4.78, 5) is 23.0. The van der Waals surface area contributed by atoms with E-state index in [1.807, 2.05) is 6.92 Å². The summed E-state index contributed by atoms with van der Waals surface area (Å²) in [5, 5.41) is 11.9. The first-order chi connectivity index (χ1) is 8.63. The van der Waals surface area contributed by atoms with Gasteiger partial charge in [-0.3, -0.25) is 10.1 Å². The molecule has 0 fully saturated rings. The average molecular weight is 283 g/mol. The van der Waals surface area contributed by atoms with E-state index in [-0.39, 0.29) is 17.6 Å². The highest BCUT2D eigenvalue weighted by atomic mass is 32.2. The minimum Gasteiger partial charge on any atom is -0.368 e. The molecule has 0 aliphatic rings. The van der Waals surface area contributed by atoms with E-state index in [2.05, 4.69) is 30.5 Å². The highest BCUT2D eigenvalue weighted by Gasteiger charge is 2.08. The number of thioether (sulfide) groups is 1. The molecule has 2 rings (SSSR count). The first-order valence-electron chi connectivity index (χ1n) is 4.81. The van der Waals surface area contributed by atoms with Gasteiger partial charge in [0, 0.05) is 0 Å². The van der Waals surface area contributed by atoms with Crippen LogP contribution >= 0.6 is 23.1 Å². The maximum atomic E-state index is 11.6. The Morgan fingerprint density at radius 1 is 1.50 bits per heavy atom. The molecule has 0 aromatic carbocycles. The molecular weight excluding hydrogens is 274 g/mol. The van der Waals surface area contributed by atoms with E-state index in [1.54, 1.807) is 0 Å². The molecule has 0 spiro atoms. The van der Waals surface area contributed by atoms with Crippen molar-refractivity contribution in [3.63, 3.8) is 0 Å². The number of aryl methyl sites for hydroxylation is 1. The number of nitrogen functional groups attached to an aromatic ring is 1. The van der Waals surface area contributed by atoms with E-state index in [9.17, 15) is 4.79 Å². The molecule has 0 atom stereocenters. The summed E-state index contributed by atoms with van der Waals surface area (Å²) >= 11 is 2.49. The Morgan fingerprint density at radius 2 is 2.33 bits per heavy atom. The van der Waals surface area contributed by atoms with Crippen LogP contribution in [0, 0.1) is 6.92 Å². The van der Waals surface area contributed by atoms with Crippen LogP contribution in [0.5, 0.6) is 0 Å². The number of hydrogen-bond acceptors (Lipinski definition) is 9. The first kappa shape index (κ1) is 12.6. The van der Waals surface area contributed by atoms with Gasteiger partial charge in [0.05, 0.1) is 5.75 Å². The maximum absolute atomic E-state index is 11.6. The quantitative estimate of drug-likeness (QED) is 0.771. The highest BCUT2D eigenvalue weighted by molar-refractivity contribution is 7.99. The van der Waals surface area contributed by atoms with Gasteiger partial charge in [0.2, 0.25) is 17.0 Å². The van der Waals surface area contributed by atoms with Crippen LogP contribution in [0.1, 0.15) is 5.01 Å². The zero-order valence-corrected chi connectivity index (χ0v) is 11.0. The maximum Gasteiger partial charge on any atom is 0.236 e. The van der Waals surface area contributed by atoms with Gasteiger partial charge in [-0.2, -0.15) is 4.98 Å². The van der Waals surface area contributed by atoms with Crippen molar-refractivity contribution in [3.8, 4) is 0 Å². The third-order valence-corrected chi connectivity index (χ3v) is 3.29. The van der Waals surface area contributed by atoms with E-state index in [0.717, 1.165) is 5.01 Å². The monoisotopic (exact) mass is 283 g/mol. The van der Waals surface area contributed by atoms with Gasteiger partial charge in [0.1, 0.15) is 11.3 Å². The lowest BCUT2D eigenvalue weighted by Gasteiger charge is -2.00. The fraction of sp³-hybridized carbons (Fsp3) is 0.250. The molecule has 10 heteroatoms. The molecule has 0 radical (unpaired) electrons. The van der Waals surface area contributed by atoms with Crippen LogP contribution in [0.25, 0.3) is 0 Å². The standard InChI is InChI=1S/C8H9N7OS2/c1-4-14-15-8(18-4)12-5(16)2-17-7-11-3-10-6(9)13-7/h3H,2H2,1H3,(H,12,15,16)(H2,9,10,11,13). The molecule has 0 bridgehead atoms. The number of amides is 1. The number of rotatable bonds is 4. The van der Waals surface area contributed by atoms with Crippen LogP contribution in [0.4, 0.5) is 11.1 Å². The highest BCUT2D eigenvalue weighted by Crippen LogP contribution is 2.16. The van der Waals surface area contributed by atoms with Crippen LogP contribution in [-0.4, -0.2) is 36.8 Å². The second-order valence-electron chi connectivity index (χ2n) is 3.09. The molecule has 0 aliphatic carbocycles. The Morgan fingerprint density at radius 3 is 3.00 bits per heavy atom. The largest absolute Gasteiger partial charge is 0.368 e. The van der Waals surface area contributed by atoms with Gasteiger partial charge in [0.25, 0.3) is 0 Å². The van der Waals surface area contributed by atoms with Crippen LogP contribution in [0.15, 0.2) is 11.5 Å². The van der Waals surface area contributed by atoms with E-state index in [1.165, 1.54) is 29.4 Å². The second-order valence-corrected chi connectivity index (χ2v) is 5.21. The molecule has 3 N–H and O–H groups in total. The summed E-state index contributed by atoms with van der Waals surface area (Å²) < 4.78 is 0. The summed E-state index contributed by atoms with van der Waals surface area (Å²) in [5.41, 5.74) is 5.40. The lowest BCUT2D eigenvalue weighted by atomic mass is 10.7. The average Bonchev–Trinajstić information content (AvgIpc) is 2.72. The molecule has 2 aromatic heterocycles. The smallest absolute Gasteiger partial charge is 0.236 e. The molecule has 0 unspecified atom stereocenters. The molecule has 2 aromatic rings. The number of carbonyl (C=O) groups excluding carboxylic acids is 1. The third-order valence-electron chi connectivity index (χ3n) is 1.67. The normalized spacial score (nSPS) is 10.3. The Balaban J connectivity index is 1.85. The summed E-state index contributed by atoms with van der Waals surface area (Å²) in [6, 6.07) is 0. The van der Waals surface area contributed by atoms with Crippen molar-refractivity contribution >= 4 is 40.1 Å². The molecule has 0 aliphatic heterocycles. The number of hydrogen-bond donors (Lipinski definition) is 2. The Bertz CT molecular complexity index is 558. The summed E-state index contributed by atoms with van der Waals surface area (Å²) in [7, 11) is 0. The minimum absolute atomic E-state index is 0.132. The van der Waals surface area contributed by atoms with Crippen molar-refractivity contribution in [3.05, 3.63) is 11.3 Å². The van der Waals surface area contributed by atoms with Crippen molar-refractivity contribution in [2.75, 3.05) is 16.8 Å². The van der Waals surface area contributed by atoms with E-state index >= 15 is 0 Å². The van der Waals surface area contributed by atoms with Crippen LogP contribution in [0.3, 0.4) is 0 Å². The first-order valence-corrected chi connectivity index (χ1v) is 6.61. The molecule has 1 amide bonds. The fourth-order valence-electron chi connectivity index (χ4n) is 0.995. The lowest BCUT2D eigenvalue weighted by molar-refractivity contribution is -0.113. The van der Waals surface area contributed by atoms with Gasteiger partial charge in [-0.1, -0.05) is 23.1 Å². The number of nitrogens with two attached hydrogens (primary N) is 1. The molecule has 0 saturated heterocycles. The molecule has 18 heavy (non-hydrogen) atoms.